The lowest BCUT2D eigenvalue weighted by Crippen LogP contribution is -2.44. The van der Waals surface area contributed by atoms with Crippen LogP contribution in [0.5, 0.6) is 0 Å². The largest absolute Gasteiger partial charge is 0.338 e. The number of amides is 1. The molecule has 1 saturated heterocycles. The van der Waals surface area contributed by atoms with Crippen LogP contribution in [0.4, 0.5) is 0 Å². The fraction of sp³-hybridized carbons (Fsp3) is 0.471. The van der Waals surface area contributed by atoms with E-state index in [1.54, 1.807) is 4.90 Å². The number of aromatic amines is 1. The number of para-hydroxylation sites is 2. The summed E-state index contributed by atoms with van der Waals surface area (Å²) in [5.74, 6) is 0.782. The average Bonchev–Trinajstić information content (AvgIpc) is 3.29. The number of thioether (sulfide) groups is 1. The van der Waals surface area contributed by atoms with E-state index >= 15 is 0 Å². The molecule has 0 unspecified atom stereocenters. The van der Waals surface area contributed by atoms with Gasteiger partial charge >= 0.3 is 0 Å². The summed E-state index contributed by atoms with van der Waals surface area (Å²) in [6, 6.07) is 7.52. The predicted molar refractivity (Wildman–Crippen MR) is 105 cm³/mol. The molecule has 3 aromatic rings. The van der Waals surface area contributed by atoms with Crippen molar-refractivity contribution < 1.29 is 13.2 Å². The van der Waals surface area contributed by atoms with Crippen molar-refractivity contribution in [2.75, 3.05) is 18.1 Å². The molecule has 27 heavy (non-hydrogen) atoms. The van der Waals surface area contributed by atoms with Gasteiger partial charge in [-0.15, -0.1) is 5.10 Å². The Bertz CT molecular complexity index is 1100. The molecule has 1 fully saturated rings. The molecule has 2 atom stereocenters. The first-order valence-electron chi connectivity index (χ1n) is 8.88. The van der Waals surface area contributed by atoms with Crippen LogP contribution in [0.3, 0.4) is 0 Å². The maximum absolute atomic E-state index is 13.0. The Balaban J connectivity index is 1.57. The molecule has 10 heteroatoms. The smallest absolute Gasteiger partial charge is 0.236 e. The van der Waals surface area contributed by atoms with Crippen LogP contribution >= 0.6 is 11.8 Å². The van der Waals surface area contributed by atoms with Gasteiger partial charge in [0.25, 0.3) is 0 Å². The SMILES string of the molecule is CCN(C(=O)[C@H](C)Sc1n[nH]c2nc3ccccc3n12)[C@H]1CCS(=O)(=O)C1. The van der Waals surface area contributed by atoms with Gasteiger partial charge in [0, 0.05) is 12.6 Å². The fourth-order valence-electron chi connectivity index (χ4n) is 3.58. The summed E-state index contributed by atoms with van der Waals surface area (Å²) in [6.07, 6.45) is 0.512. The maximum atomic E-state index is 13.0. The highest BCUT2D eigenvalue weighted by Crippen LogP contribution is 2.28. The summed E-state index contributed by atoms with van der Waals surface area (Å²) in [7, 11) is -3.04. The first kappa shape index (κ1) is 18.3. The summed E-state index contributed by atoms with van der Waals surface area (Å²) < 4.78 is 25.5. The molecule has 144 valence electrons. The number of hydrogen-bond acceptors (Lipinski definition) is 6. The number of sulfone groups is 1. The number of H-pyrrole nitrogens is 1. The summed E-state index contributed by atoms with van der Waals surface area (Å²) in [5, 5.41) is 7.49. The van der Waals surface area contributed by atoms with E-state index in [9.17, 15) is 13.2 Å². The van der Waals surface area contributed by atoms with Crippen LogP contribution in [-0.4, -0.2) is 68.1 Å². The predicted octanol–water partition coefficient (Wildman–Crippen LogP) is 1.73. The van der Waals surface area contributed by atoms with E-state index in [1.165, 1.54) is 11.8 Å². The molecule has 1 aromatic carbocycles. The highest BCUT2D eigenvalue weighted by Gasteiger charge is 2.35. The van der Waals surface area contributed by atoms with E-state index in [0.29, 0.717) is 23.9 Å². The lowest BCUT2D eigenvalue weighted by molar-refractivity contribution is -0.131. The van der Waals surface area contributed by atoms with Gasteiger partial charge in [0.15, 0.2) is 15.0 Å². The van der Waals surface area contributed by atoms with Crippen molar-refractivity contribution in [2.45, 2.75) is 36.7 Å². The molecule has 3 heterocycles. The van der Waals surface area contributed by atoms with Crippen molar-refractivity contribution in [3.63, 3.8) is 0 Å². The minimum atomic E-state index is -3.04. The van der Waals surface area contributed by atoms with Gasteiger partial charge in [0.2, 0.25) is 11.7 Å². The lowest BCUT2D eigenvalue weighted by atomic mass is 10.2. The molecular formula is C17H21N5O3S2. The molecule has 1 N–H and O–H groups in total. The monoisotopic (exact) mass is 407 g/mol. The lowest BCUT2D eigenvalue weighted by Gasteiger charge is -2.29. The van der Waals surface area contributed by atoms with E-state index < -0.39 is 9.84 Å². The van der Waals surface area contributed by atoms with Gasteiger partial charge in [-0.25, -0.2) is 18.5 Å². The van der Waals surface area contributed by atoms with E-state index in [-0.39, 0.29) is 28.7 Å². The third kappa shape index (κ3) is 3.31. The number of rotatable bonds is 5. The normalized spacial score (nSPS) is 20.3. The number of benzene rings is 1. The van der Waals surface area contributed by atoms with Crippen LogP contribution in [0.1, 0.15) is 20.3 Å². The molecule has 4 rings (SSSR count). The third-order valence-corrected chi connectivity index (χ3v) is 7.70. The molecule has 2 aromatic heterocycles. The number of carbonyl (C=O) groups excluding carboxylic acids is 1. The zero-order valence-electron chi connectivity index (χ0n) is 15.1. The van der Waals surface area contributed by atoms with E-state index in [4.69, 9.17) is 0 Å². The highest BCUT2D eigenvalue weighted by molar-refractivity contribution is 8.00. The van der Waals surface area contributed by atoms with Gasteiger partial charge in [-0.3, -0.25) is 9.20 Å². The molecule has 0 saturated carbocycles. The Morgan fingerprint density at radius 2 is 2.22 bits per heavy atom. The molecule has 0 aliphatic carbocycles. The minimum Gasteiger partial charge on any atom is -0.338 e. The number of nitrogens with zero attached hydrogens (tertiary/aromatic N) is 4. The Morgan fingerprint density at radius 3 is 2.93 bits per heavy atom. The van der Waals surface area contributed by atoms with Crippen molar-refractivity contribution in [1.82, 2.24) is 24.5 Å². The summed E-state index contributed by atoms with van der Waals surface area (Å²) in [5.41, 5.74) is 1.79. The van der Waals surface area contributed by atoms with E-state index in [1.807, 2.05) is 42.5 Å². The number of carbonyl (C=O) groups is 1. The van der Waals surface area contributed by atoms with Crippen LogP contribution in [0.2, 0.25) is 0 Å². The molecule has 1 aliphatic heterocycles. The summed E-state index contributed by atoms with van der Waals surface area (Å²) in [4.78, 5) is 19.2. The summed E-state index contributed by atoms with van der Waals surface area (Å²) >= 11 is 1.35. The molecule has 1 aliphatic rings. The Hall–Kier alpha value is -2.07. The van der Waals surface area contributed by atoms with Crippen molar-refractivity contribution in [3.8, 4) is 0 Å². The van der Waals surface area contributed by atoms with Gasteiger partial charge in [-0.1, -0.05) is 23.9 Å². The maximum Gasteiger partial charge on any atom is 0.236 e. The van der Waals surface area contributed by atoms with Crippen LogP contribution in [-0.2, 0) is 14.6 Å². The topological polar surface area (TPSA) is 100 Å². The number of aromatic nitrogens is 4. The van der Waals surface area contributed by atoms with Gasteiger partial charge in [-0.05, 0) is 32.4 Å². The highest BCUT2D eigenvalue weighted by atomic mass is 32.2. The van der Waals surface area contributed by atoms with Crippen LogP contribution in [0, 0.1) is 0 Å². The Labute approximate surface area is 161 Å². The second-order valence-electron chi connectivity index (χ2n) is 6.71. The van der Waals surface area contributed by atoms with Gasteiger partial charge in [-0.2, -0.15) is 0 Å². The van der Waals surface area contributed by atoms with E-state index in [2.05, 4.69) is 15.2 Å². The molecular weight excluding hydrogens is 386 g/mol. The molecule has 0 radical (unpaired) electrons. The number of hydrogen-bond donors (Lipinski definition) is 1. The van der Waals surface area contributed by atoms with Gasteiger partial charge in [0.1, 0.15) is 0 Å². The summed E-state index contributed by atoms with van der Waals surface area (Å²) in [6.45, 7) is 4.21. The Kier molecular flexibility index (Phi) is 4.63. The first-order chi connectivity index (χ1) is 12.9. The standard InChI is InChI=1S/C17H21N5O3S2/c1-3-21(12-8-9-27(24,25)10-12)15(23)11(2)26-17-20-19-16-18-13-6-4-5-7-14(13)22(16)17/h4-7,11-12H,3,8-10H2,1-2H3,(H,18,19)/t11-,12-/m0/s1. The van der Waals surface area contributed by atoms with E-state index in [0.717, 1.165) is 11.0 Å². The zero-order chi connectivity index (χ0) is 19.2. The second-order valence-corrected chi connectivity index (χ2v) is 10.2. The van der Waals surface area contributed by atoms with Crippen LogP contribution < -0.4 is 0 Å². The molecule has 8 nitrogen and oxygen atoms in total. The molecule has 0 bridgehead atoms. The van der Waals surface area contributed by atoms with Crippen LogP contribution in [0.15, 0.2) is 29.4 Å². The van der Waals surface area contributed by atoms with Crippen molar-refractivity contribution in [3.05, 3.63) is 24.3 Å². The quantitative estimate of drug-likeness (QED) is 0.647. The average molecular weight is 408 g/mol. The third-order valence-electron chi connectivity index (χ3n) is 4.91. The minimum absolute atomic E-state index is 0.0583. The first-order valence-corrected chi connectivity index (χ1v) is 11.6. The zero-order valence-corrected chi connectivity index (χ0v) is 16.8. The van der Waals surface area contributed by atoms with Crippen molar-refractivity contribution >= 4 is 44.3 Å². The molecule has 0 spiro atoms. The Morgan fingerprint density at radius 1 is 1.44 bits per heavy atom. The fourth-order valence-corrected chi connectivity index (χ4v) is 6.25. The number of fused-ring (bicyclic) bond motifs is 3. The molecule has 1 amide bonds. The van der Waals surface area contributed by atoms with Crippen molar-refractivity contribution in [1.29, 1.82) is 0 Å². The second kappa shape index (κ2) is 6.83. The van der Waals surface area contributed by atoms with Crippen LogP contribution in [0.25, 0.3) is 16.8 Å². The van der Waals surface area contributed by atoms with Crippen molar-refractivity contribution in [2.24, 2.45) is 0 Å². The number of nitrogens with one attached hydrogen (secondary N) is 1. The van der Waals surface area contributed by atoms with Gasteiger partial charge < -0.3 is 4.90 Å². The number of imidazole rings is 1. The van der Waals surface area contributed by atoms with Gasteiger partial charge in [0.05, 0.1) is 27.8 Å².